The lowest BCUT2D eigenvalue weighted by Crippen LogP contribution is -2.11. The van der Waals surface area contributed by atoms with Crippen LogP contribution in [0.25, 0.3) is 0 Å². The Morgan fingerprint density at radius 1 is 1.44 bits per heavy atom. The van der Waals surface area contributed by atoms with Gasteiger partial charge in [-0.05, 0) is 6.92 Å². The van der Waals surface area contributed by atoms with E-state index in [0.29, 0.717) is 11.5 Å². The molecule has 4 N–H and O–H groups in total. The first-order valence-electron chi connectivity index (χ1n) is 4.70. The first-order valence-corrected chi connectivity index (χ1v) is 5.08. The molecule has 7 heteroatoms. The number of halogens is 1. The highest BCUT2D eigenvalue weighted by Crippen LogP contribution is 2.24. The van der Waals surface area contributed by atoms with Crippen LogP contribution in [0, 0.1) is 0 Å². The van der Waals surface area contributed by atoms with E-state index in [2.05, 4.69) is 25.3 Å². The maximum Gasteiger partial charge on any atom is 0.157 e. The van der Waals surface area contributed by atoms with Gasteiger partial charge in [-0.25, -0.2) is 15.0 Å². The van der Waals surface area contributed by atoms with E-state index in [1.165, 1.54) is 6.33 Å². The normalized spacial score (nSPS) is 12.4. The Labute approximate surface area is 97.3 Å². The molecule has 0 saturated heterocycles. The van der Waals surface area contributed by atoms with Crippen molar-refractivity contribution in [3.05, 3.63) is 29.7 Å². The van der Waals surface area contributed by atoms with Crippen molar-refractivity contribution in [1.82, 2.24) is 19.9 Å². The first kappa shape index (κ1) is 10.7. The second kappa shape index (κ2) is 4.36. The minimum atomic E-state index is -0.0386. The molecule has 0 spiro atoms. The van der Waals surface area contributed by atoms with E-state index in [4.69, 9.17) is 17.3 Å². The van der Waals surface area contributed by atoms with Gasteiger partial charge in [-0.2, -0.15) is 0 Å². The molecule has 16 heavy (non-hydrogen) atoms. The molecule has 0 aliphatic carbocycles. The topological polar surface area (TPSA) is 92.5 Å². The van der Waals surface area contributed by atoms with Gasteiger partial charge in [0, 0.05) is 12.4 Å². The summed E-state index contributed by atoms with van der Waals surface area (Å²) >= 11 is 5.78. The number of nitrogens with zero attached hydrogens (tertiary/aromatic N) is 3. The van der Waals surface area contributed by atoms with Crippen LogP contribution in [-0.2, 0) is 0 Å². The number of nitrogens with one attached hydrogen (secondary N) is 2. The Hall–Kier alpha value is -1.82. The zero-order valence-corrected chi connectivity index (χ0v) is 9.36. The maximum atomic E-state index is 5.78. The van der Waals surface area contributed by atoms with Gasteiger partial charge in [-0.3, -0.25) is 0 Å². The third kappa shape index (κ3) is 2.06. The molecule has 2 aromatic rings. The highest BCUT2D eigenvalue weighted by molar-refractivity contribution is 6.32. The van der Waals surface area contributed by atoms with E-state index in [-0.39, 0.29) is 11.2 Å². The number of anilines is 2. The van der Waals surface area contributed by atoms with Crippen molar-refractivity contribution in [1.29, 1.82) is 0 Å². The minimum Gasteiger partial charge on any atom is -0.393 e. The zero-order valence-electron chi connectivity index (χ0n) is 8.61. The molecule has 2 heterocycles. The molecule has 2 aromatic heterocycles. The quantitative estimate of drug-likeness (QED) is 0.707. The molecule has 0 radical (unpaired) electrons. The third-order valence-corrected chi connectivity index (χ3v) is 2.42. The van der Waals surface area contributed by atoms with Gasteiger partial charge in [0.1, 0.15) is 17.8 Å². The molecule has 0 fully saturated rings. The predicted molar refractivity (Wildman–Crippen MR) is 62.1 cm³/mol. The summed E-state index contributed by atoms with van der Waals surface area (Å²) in [6, 6.07) is -0.0386. The van der Waals surface area contributed by atoms with Gasteiger partial charge in [0.2, 0.25) is 0 Å². The van der Waals surface area contributed by atoms with Crippen molar-refractivity contribution in [3.63, 3.8) is 0 Å². The SMILES string of the molecule is CC(Nc1ncnc(Cl)c1N)c1ncc[nH]1. The van der Waals surface area contributed by atoms with Crippen LogP contribution >= 0.6 is 11.6 Å². The summed E-state index contributed by atoms with van der Waals surface area (Å²) in [5.41, 5.74) is 6.07. The fourth-order valence-corrected chi connectivity index (χ4v) is 1.41. The smallest absolute Gasteiger partial charge is 0.157 e. The lowest BCUT2D eigenvalue weighted by Gasteiger charge is -2.13. The van der Waals surface area contributed by atoms with Gasteiger partial charge in [0.05, 0.1) is 6.04 Å². The molecular formula is C9H11ClN6. The molecule has 84 valence electrons. The van der Waals surface area contributed by atoms with E-state index in [1.54, 1.807) is 12.4 Å². The molecule has 2 rings (SSSR count). The standard InChI is InChI=1S/C9H11ClN6/c1-5(8-12-2-3-13-8)16-9-6(11)7(10)14-4-15-9/h2-5H,11H2,1H3,(H,12,13)(H,14,15,16). The second-order valence-corrected chi connectivity index (χ2v) is 3.63. The number of aromatic nitrogens is 4. The van der Waals surface area contributed by atoms with Crippen LogP contribution in [0.4, 0.5) is 11.5 Å². The van der Waals surface area contributed by atoms with E-state index >= 15 is 0 Å². The van der Waals surface area contributed by atoms with Crippen LogP contribution in [0.1, 0.15) is 18.8 Å². The highest BCUT2D eigenvalue weighted by atomic mass is 35.5. The Balaban J connectivity index is 2.18. The molecule has 6 nitrogen and oxygen atoms in total. The highest BCUT2D eigenvalue weighted by Gasteiger charge is 2.11. The number of hydrogen-bond donors (Lipinski definition) is 3. The number of H-pyrrole nitrogens is 1. The summed E-state index contributed by atoms with van der Waals surface area (Å²) in [5.74, 6) is 1.30. The van der Waals surface area contributed by atoms with Gasteiger partial charge >= 0.3 is 0 Å². The molecule has 0 bridgehead atoms. The van der Waals surface area contributed by atoms with E-state index in [0.717, 1.165) is 5.82 Å². The molecule has 0 amide bonds. The van der Waals surface area contributed by atoms with E-state index in [1.807, 2.05) is 6.92 Å². The predicted octanol–water partition coefficient (Wildman–Crippen LogP) is 1.61. The largest absolute Gasteiger partial charge is 0.393 e. The van der Waals surface area contributed by atoms with Gasteiger partial charge in [0.25, 0.3) is 0 Å². The Morgan fingerprint density at radius 3 is 2.94 bits per heavy atom. The fourth-order valence-electron chi connectivity index (χ4n) is 1.28. The number of aromatic amines is 1. The average molecular weight is 239 g/mol. The second-order valence-electron chi connectivity index (χ2n) is 3.27. The third-order valence-electron chi connectivity index (χ3n) is 2.12. The number of nitrogens with two attached hydrogens (primary N) is 1. The molecule has 0 saturated carbocycles. The van der Waals surface area contributed by atoms with Gasteiger partial charge in [-0.1, -0.05) is 11.6 Å². The van der Waals surface area contributed by atoms with Crippen LogP contribution in [0.15, 0.2) is 18.7 Å². The lowest BCUT2D eigenvalue weighted by atomic mass is 10.3. The Bertz CT molecular complexity index is 469. The number of imidazole rings is 1. The van der Waals surface area contributed by atoms with Crippen molar-refractivity contribution in [2.24, 2.45) is 0 Å². The first-order chi connectivity index (χ1) is 7.68. The van der Waals surface area contributed by atoms with Crippen molar-refractivity contribution < 1.29 is 0 Å². The number of hydrogen-bond acceptors (Lipinski definition) is 5. The van der Waals surface area contributed by atoms with Crippen LogP contribution in [0.5, 0.6) is 0 Å². The monoisotopic (exact) mass is 238 g/mol. The Morgan fingerprint density at radius 2 is 2.25 bits per heavy atom. The summed E-state index contributed by atoms with van der Waals surface area (Å²) in [7, 11) is 0. The molecule has 0 aromatic carbocycles. The molecule has 0 aliphatic heterocycles. The molecule has 1 unspecified atom stereocenters. The fraction of sp³-hybridized carbons (Fsp3) is 0.222. The summed E-state index contributed by atoms with van der Waals surface area (Å²) in [4.78, 5) is 14.9. The lowest BCUT2D eigenvalue weighted by molar-refractivity contribution is 0.803. The van der Waals surface area contributed by atoms with Crippen LogP contribution < -0.4 is 11.1 Å². The minimum absolute atomic E-state index is 0.0386. The van der Waals surface area contributed by atoms with Crippen molar-refractivity contribution >= 4 is 23.1 Å². The van der Waals surface area contributed by atoms with Crippen molar-refractivity contribution in [2.45, 2.75) is 13.0 Å². The summed E-state index contributed by atoms with van der Waals surface area (Å²) in [6.07, 6.45) is 4.80. The van der Waals surface area contributed by atoms with Gasteiger partial charge in [0.15, 0.2) is 11.0 Å². The van der Waals surface area contributed by atoms with Crippen LogP contribution in [-0.4, -0.2) is 19.9 Å². The Kier molecular flexibility index (Phi) is 2.91. The van der Waals surface area contributed by atoms with Crippen LogP contribution in [0.2, 0.25) is 5.15 Å². The van der Waals surface area contributed by atoms with Crippen LogP contribution in [0.3, 0.4) is 0 Å². The molecule has 1 atom stereocenters. The summed E-state index contributed by atoms with van der Waals surface area (Å²) in [6.45, 7) is 1.94. The van der Waals surface area contributed by atoms with Gasteiger partial charge in [-0.15, -0.1) is 0 Å². The maximum absolute atomic E-state index is 5.78. The van der Waals surface area contributed by atoms with Gasteiger partial charge < -0.3 is 16.0 Å². The summed E-state index contributed by atoms with van der Waals surface area (Å²) in [5, 5.41) is 3.34. The van der Waals surface area contributed by atoms with Crippen molar-refractivity contribution in [3.8, 4) is 0 Å². The average Bonchev–Trinajstić information content (AvgIpc) is 2.78. The van der Waals surface area contributed by atoms with Crippen molar-refractivity contribution in [2.75, 3.05) is 11.1 Å². The molecule has 0 aliphatic rings. The number of rotatable bonds is 3. The number of nitrogen functional groups attached to an aromatic ring is 1. The van der Waals surface area contributed by atoms with E-state index in [9.17, 15) is 0 Å². The summed E-state index contributed by atoms with van der Waals surface area (Å²) < 4.78 is 0. The zero-order chi connectivity index (χ0) is 11.5. The molecular weight excluding hydrogens is 228 g/mol. The van der Waals surface area contributed by atoms with E-state index < -0.39 is 0 Å².